The number of methoxy groups -OCH3 is 2. The molecule has 0 spiro atoms. The Kier molecular flexibility index (Phi) is 4.78. The number of aromatic nitrogens is 2. The van der Waals surface area contributed by atoms with E-state index in [4.69, 9.17) is 9.47 Å². The first-order valence-electron chi connectivity index (χ1n) is 9.63. The quantitative estimate of drug-likeness (QED) is 0.724. The SMILES string of the molecule is COc1cc2c(cc1OC)-c1cc(Nc3cc(C)c(C)cc3C)nc(=O)n1CC2. The van der Waals surface area contributed by atoms with E-state index >= 15 is 0 Å². The van der Waals surface area contributed by atoms with E-state index in [0.29, 0.717) is 23.9 Å². The highest BCUT2D eigenvalue weighted by Crippen LogP contribution is 2.38. The third kappa shape index (κ3) is 3.35. The number of aryl methyl sites for hydroxylation is 4. The molecule has 2 aromatic carbocycles. The van der Waals surface area contributed by atoms with Gasteiger partial charge in [-0.3, -0.25) is 4.57 Å². The average Bonchev–Trinajstić information content (AvgIpc) is 2.70. The first-order valence-corrected chi connectivity index (χ1v) is 9.63. The van der Waals surface area contributed by atoms with Gasteiger partial charge < -0.3 is 14.8 Å². The molecule has 0 amide bonds. The Morgan fingerprint density at radius 3 is 2.34 bits per heavy atom. The van der Waals surface area contributed by atoms with Gasteiger partial charge in [0, 0.05) is 23.9 Å². The van der Waals surface area contributed by atoms with Crippen LogP contribution >= 0.6 is 0 Å². The average molecular weight is 391 g/mol. The number of nitrogens with zero attached hydrogens (tertiary/aromatic N) is 2. The zero-order chi connectivity index (χ0) is 20.7. The summed E-state index contributed by atoms with van der Waals surface area (Å²) < 4.78 is 12.6. The monoisotopic (exact) mass is 391 g/mol. The summed E-state index contributed by atoms with van der Waals surface area (Å²) >= 11 is 0. The molecule has 1 aromatic heterocycles. The Bertz CT molecular complexity index is 1170. The van der Waals surface area contributed by atoms with Gasteiger partial charge in [-0.05, 0) is 67.6 Å². The van der Waals surface area contributed by atoms with E-state index in [1.165, 1.54) is 11.1 Å². The Labute approximate surface area is 170 Å². The maximum atomic E-state index is 12.7. The van der Waals surface area contributed by atoms with Crippen molar-refractivity contribution in [2.45, 2.75) is 33.7 Å². The van der Waals surface area contributed by atoms with E-state index < -0.39 is 0 Å². The standard InChI is InChI=1S/C23H25N3O3/c1-13-8-15(3)18(9-14(13)2)24-22-12-19-17-11-21(29-5)20(28-4)10-16(17)6-7-26(19)23(27)25-22/h8-12H,6-7H2,1-5H3,(H,24,25,27). The number of nitrogens with one attached hydrogen (secondary N) is 1. The second-order valence-corrected chi connectivity index (χ2v) is 7.45. The molecule has 6 heteroatoms. The van der Waals surface area contributed by atoms with Gasteiger partial charge in [-0.2, -0.15) is 4.98 Å². The predicted octanol–water partition coefficient (Wildman–Crippen LogP) is 4.15. The Morgan fingerprint density at radius 1 is 0.931 bits per heavy atom. The summed E-state index contributed by atoms with van der Waals surface area (Å²) in [5.74, 6) is 1.87. The van der Waals surface area contributed by atoms with Crippen LogP contribution in [0.3, 0.4) is 0 Å². The molecule has 2 heterocycles. The van der Waals surface area contributed by atoms with Crippen molar-refractivity contribution in [2.75, 3.05) is 19.5 Å². The van der Waals surface area contributed by atoms with Crippen molar-refractivity contribution in [1.29, 1.82) is 0 Å². The van der Waals surface area contributed by atoms with Gasteiger partial charge in [0.2, 0.25) is 0 Å². The van der Waals surface area contributed by atoms with E-state index in [9.17, 15) is 4.79 Å². The lowest BCUT2D eigenvalue weighted by molar-refractivity contribution is 0.354. The summed E-state index contributed by atoms with van der Waals surface area (Å²) in [5, 5.41) is 3.33. The van der Waals surface area contributed by atoms with Crippen molar-refractivity contribution in [3.8, 4) is 22.8 Å². The fraction of sp³-hybridized carbons (Fsp3) is 0.304. The summed E-state index contributed by atoms with van der Waals surface area (Å²) in [6, 6.07) is 10.1. The van der Waals surface area contributed by atoms with Crippen LogP contribution in [0.2, 0.25) is 0 Å². The van der Waals surface area contributed by atoms with Crippen molar-refractivity contribution in [2.24, 2.45) is 0 Å². The van der Waals surface area contributed by atoms with E-state index in [-0.39, 0.29) is 5.69 Å². The number of ether oxygens (including phenoxy) is 2. The third-order valence-corrected chi connectivity index (χ3v) is 5.60. The molecule has 1 aliphatic rings. The number of benzene rings is 2. The molecule has 0 unspecified atom stereocenters. The summed E-state index contributed by atoms with van der Waals surface area (Å²) in [6.45, 7) is 6.80. The highest BCUT2D eigenvalue weighted by molar-refractivity contribution is 5.73. The van der Waals surface area contributed by atoms with Gasteiger partial charge in [-0.1, -0.05) is 6.07 Å². The van der Waals surface area contributed by atoms with Gasteiger partial charge >= 0.3 is 5.69 Å². The predicted molar refractivity (Wildman–Crippen MR) is 115 cm³/mol. The minimum Gasteiger partial charge on any atom is -0.493 e. The first-order chi connectivity index (χ1) is 13.9. The third-order valence-electron chi connectivity index (χ3n) is 5.60. The molecule has 3 aromatic rings. The molecule has 1 N–H and O–H groups in total. The van der Waals surface area contributed by atoms with Crippen molar-refractivity contribution < 1.29 is 9.47 Å². The van der Waals surface area contributed by atoms with Crippen LogP contribution in [0.1, 0.15) is 22.3 Å². The lowest BCUT2D eigenvalue weighted by atomic mass is 9.97. The van der Waals surface area contributed by atoms with Crippen molar-refractivity contribution in [3.63, 3.8) is 0 Å². The van der Waals surface area contributed by atoms with Crippen LogP contribution in [-0.2, 0) is 13.0 Å². The summed E-state index contributed by atoms with van der Waals surface area (Å²) in [6.07, 6.45) is 0.743. The molecule has 4 rings (SSSR count). The lowest BCUT2D eigenvalue weighted by Crippen LogP contribution is -2.28. The summed E-state index contributed by atoms with van der Waals surface area (Å²) in [5.41, 5.74) is 7.15. The van der Waals surface area contributed by atoms with Crippen molar-refractivity contribution in [1.82, 2.24) is 9.55 Å². The van der Waals surface area contributed by atoms with Gasteiger partial charge in [-0.15, -0.1) is 0 Å². The normalized spacial score (nSPS) is 12.2. The first kappa shape index (κ1) is 19.1. The number of anilines is 2. The fourth-order valence-corrected chi connectivity index (χ4v) is 3.84. The van der Waals surface area contributed by atoms with Gasteiger partial charge in [0.1, 0.15) is 5.82 Å². The molecule has 6 nitrogen and oxygen atoms in total. The molecule has 0 saturated heterocycles. The van der Waals surface area contributed by atoms with E-state index in [2.05, 4.69) is 36.3 Å². The number of hydrogen-bond donors (Lipinski definition) is 1. The van der Waals surface area contributed by atoms with Crippen LogP contribution in [-0.4, -0.2) is 23.8 Å². The molecule has 0 radical (unpaired) electrons. The molecular formula is C23H25N3O3. The van der Waals surface area contributed by atoms with Gasteiger partial charge in [0.15, 0.2) is 11.5 Å². The van der Waals surface area contributed by atoms with E-state index in [1.54, 1.807) is 18.8 Å². The molecule has 0 bridgehead atoms. The minimum absolute atomic E-state index is 0.257. The van der Waals surface area contributed by atoms with E-state index in [0.717, 1.165) is 34.5 Å². The molecule has 0 fully saturated rings. The van der Waals surface area contributed by atoms with Gasteiger partial charge in [0.05, 0.1) is 19.9 Å². The van der Waals surface area contributed by atoms with Gasteiger partial charge in [-0.25, -0.2) is 4.79 Å². The molecule has 150 valence electrons. The molecular weight excluding hydrogens is 366 g/mol. The number of fused-ring (bicyclic) bond motifs is 3. The molecule has 0 saturated carbocycles. The summed E-state index contributed by atoms with van der Waals surface area (Å²) in [4.78, 5) is 17.0. The minimum atomic E-state index is -0.257. The Balaban J connectivity index is 1.82. The maximum absolute atomic E-state index is 12.7. The second kappa shape index (κ2) is 7.28. The fourth-order valence-electron chi connectivity index (χ4n) is 3.84. The maximum Gasteiger partial charge on any atom is 0.350 e. The largest absolute Gasteiger partial charge is 0.493 e. The van der Waals surface area contributed by atoms with Crippen LogP contribution in [0, 0.1) is 20.8 Å². The van der Waals surface area contributed by atoms with Crippen molar-refractivity contribution >= 4 is 11.5 Å². The number of hydrogen-bond acceptors (Lipinski definition) is 5. The van der Waals surface area contributed by atoms with Crippen LogP contribution in [0.25, 0.3) is 11.3 Å². The van der Waals surface area contributed by atoms with Crippen LogP contribution in [0.15, 0.2) is 35.1 Å². The number of rotatable bonds is 4. The molecule has 1 aliphatic heterocycles. The van der Waals surface area contributed by atoms with E-state index in [1.807, 2.05) is 25.1 Å². The lowest BCUT2D eigenvalue weighted by Gasteiger charge is -2.23. The Morgan fingerprint density at radius 2 is 1.62 bits per heavy atom. The molecule has 29 heavy (non-hydrogen) atoms. The topological polar surface area (TPSA) is 65.4 Å². The Hall–Kier alpha value is -3.28. The van der Waals surface area contributed by atoms with Crippen molar-refractivity contribution in [3.05, 3.63) is 63.1 Å². The molecule has 0 aliphatic carbocycles. The highest BCUT2D eigenvalue weighted by Gasteiger charge is 2.21. The summed E-state index contributed by atoms with van der Waals surface area (Å²) in [7, 11) is 3.24. The zero-order valence-corrected chi connectivity index (χ0v) is 17.4. The van der Waals surface area contributed by atoms with Crippen LogP contribution in [0.5, 0.6) is 11.5 Å². The smallest absolute Gasteiger partial charge is 0.350 e. The van der Waals surface area contributed by atoms with Crippen LogP contribution in [0.4, 0.5) is 11.5 Å². The highest BCUT2D eigenvalue weighted by atomic mass is 16.5. The second-order valence-electron chi connectivity index (χ2n) is 7.45. The van der Waals surface area contributed by atoms with Gasteiger partial charge in [0.25, 0.3) is 0 Å². The zero-order valence-electron chi connectivity index (χ0n) is 17.4. The molecule has 0 atom stereocenters. The van der Waals surface area contributed by atoms with Crippen LogP contribution < -0.4 is 20.5 Å².